The predicted octanol–water partition coefficient (Wildman–Crippen LogP) is 3.82. The van der Waals surface area contributed by atoms with Crippen LogP contribution in [-0.4, -0.2) is 40.4 Å². The second-order valence-corrected chi connectivity index (χ2v) is 9.27. The SMILES string of the molecule is COc1cccc(-c2nc(-c3ccc4c(c3)CCN4S(C)(=O)=O)cs2)c1OC. The lowest BCUT2D eigenvalue weighted by Gasteiger charge is -2.16. The Kier molecular flexibility index (Phi) is 4.76. The molecule has 2 heterocycles. The molecule has 1 aromatic heterocycles. The number of hydrogen-bond donors (Lipinski definition) is 0. The largest absolute Gasteiger partial charge is 0.493 e. The number of fused-ring (bicyclic) bond motifs is 1. The van der Waals surface area contributed by atoms with Crippen molar-refractivity contribution in [2.75, 3.05) is 31.3 Å². The number of benzene rings is 2. The Labute approximate surface area is 168 Å². The minimum Gasteiger partial charge on any atom is -0.493 e. The molecule has 1 aliphatic heterocycles. The molecule has 0 saturated heterocycles. The van der Waals surface area contributed by atoms with E-state index < -0.39 is 10.0 Å². The second-order valence-electron chi connectivity index (χ2n) is 6.51. The maximum Gasteiger partial charge on any atom is 0.232 e. The van der Waals surface area contributed by atoms with Crippen LogP contribution in [0.15, 0.2) is 41.8 Å². The molecule has 3 aromatic rings. The Bertz CT molecular complexity index is 1140. The van der Waals surface area contributed by atoms with Crippen molar-refractivity contribution in [2.24, 2.45) is 0 Å². The van der Waals surface area contributed by atoms with Crippen molar-refractivity contribution < 1.29 is 17.9 Å². The van der Waals surface area contributed by atoms with Gasteiger partial charge >= 0.3 is 0 Å². The highest BCUT2D eigenvalue weighted by atomic mass is 32.2. The van der Waals surface area contributed by atoms with Crippen molar-refractivity contribution in [1.29, 1.82) is 0 Å². The van der Waals surface area contributed by atoms with Crippen LogP contribution in [0.3, 0.4) is 0 Å². The summed E-state index contributed by atoms with van der Waals surface area (Å²) in [6.07, 6.45) is 1.95. The van der Waals surface area contributed by atoms with Gasteiger partial charge in [-0.05, 0) is 36.2 Å². The zero-order valence-electron chi connectivity index (χ0n) is 15.8. The van der Waals surface area contributed by atoms with E-state index >= 15 is 0 Å². The minimum absolute atomic E-state index is 0.487. The van der Waals surface area contributed by atoms with Gasteiger partial charge in [-0.3, -0.25) is 4.31 Å². The summed E-state index contributed by atoms with van der Waals surface area (Å²) in [5, 5.41) is 2.84. The number of aromatic nitrogens is 1. The lowest BCUT2D eigenvalue weighted by Crippen LogP contribution is -2.27. The van der Waals surface area contributed by atoms with Crippen LogP contribution in [0.4, 0.5) is 5.69 Å². The molecule has 2 aromatic carbocycles. The molecule has 6 nitrogen and oxygen atoms in total. The molecule has 0 N–H and O–H groups in total. The van der Waals surface area contributed by atoms with Crippen LogP contribution in [0.5, 0.6) is 11.5 Å². The fraction of sp³-hybridized carbons (Fsp3) is 0.250. The van der Waals surface area contributed by atoms with Crippen molar-refractivity contribution in [3.8, 4) is 33.3 Å². The van der Waals surface area contributed by atoms with E-state index in [4.69, 9.17) is 14.5 Å². The van der Waals surface area contributed by atoms with E-state index in [2.05, 4.69) is 0 Å². The molecule has 0 unspecified atom stereocenters. The van der Waals surface area contributed by atoms with Crippen LogP contribution >= 0.6 is 11.3 Å². The molecule has 0 amide bonds. The Hall–Kier alpha value is -2.58. The molecule has 0 bridgehead atoms. The standard InChI is InChI=1S/C20H20N2O4S2/c1-25-18-6-4-5-15(19(18)26-2)20-21-16(12-27-20)13-7-8-17-14(11-13)9-10-22(17)28(3,23)24/h4-8,11-12H,9-10H2,1-3H3. The van der Waals surface area contributed by atoms with Gasteiger partial charge < -0.3 is 9.47 Å². The van der Waals surface area contributed by atoms with Gasteiger partial charge in [0.1, 0.15) is 5.01 Å². The van der Waals surface area contributed by atoms with E-state index in [1.165, 1.54) is 21.9 Å². The van der Waals surface area contributed by atoms with Gasteiger partial charge in [0.15, 0.2) is 11.5 Å². The normalized spacial score (nSPS) is 13.5. The van der Waals surface area contributed by atoms with Crippen LogP contribution in [0.25, 0.3) is 21.8 Å². The number of para-hydroxylation sites is 1. The summed E-state index contributed by atoms with van der Waals surface area (Å²) in [6.45, 7) is 0.487. The van der Waals surface area contributed by atoms with Gasteiger partial charge in [0.05, 0.1) is 37.4 Å². The molecular weight excluding hydrogens is 396 g/mol. The number of methoxy groups -OCH3 is 2. The Morgan fingerprint density at radius 1 is 1.14 bits per heavy atom. The van der Waals surface area contributed by atoms with Gasteiger partial charge in [0, 0.05) is 17.5 Å². The van der Waals surface area contributed by atoms with Gasteiger partial charge in [0.25, 0.3) is 0 Å². The molecule has 1 aliphatic rings. The van der Waals surface area contributed by atoms with E-state index in [0.717, 1.165) is 33.1 Å². The summed E-state index contributed by atoms with van der Waals surface area (Å²) < 4.78 is 36.2. The molecule has 0 spiro atoms. The Morgan fingerprint density at radius 3 is 2.68 bits per heavy atom. The zero-order valence-corrected chi connectivity index (χ0v) is 17.4. The maximum absolute atomic E-state index is 11.9. The third-order valence-electron chi connectivity index (χ3n) is 4.77. The molecule has 0 fully saturated rings. The van der Waals surface area contributed by atoms with Crippen LogP contribution in [0, 0.1) is 0 Å². The van der Waals surface area contributed by atoms with Crippen molar-refractivity contribution in [3.05, 3.63) is 47.3 Å². The summed E-state index contributed by atoms with van der Waals surface area (Å²) in [4.78, 5) is 4.78. The van der Waals surface area contributed by atoms with Crippen LogP contribution in [0.2, 0.25) is 0 Å². The number of anilines is 1. The molecule has 28 heavy (non-hydrogen) atoms. The van der Waals surface area contributed by atoms with E-state index in [-0.39, 0.29) is 0 Å². The highest BCUT2D eigenvalue weighted by Gasteiger charge is 2.26. The van der Waals surface area contributed by atoms with Crippen molar-refractivity contribution in [2.45, 2.75) is 6.42 Å². The molecule has 0 radical (unpaired) electrons. The first-order chi connectivity index (χ1) is 13.4. The first kappa shape index (κ1) is 18.8. The zero-order chi connectivity index (χ0) is 19.9. The van der Waals surface area contributed by atoms with E-state index in [1.54, 1.807) is 14.2 Å². The number of rotatable bonds is 5. The fourth-order valence-electron chi connectivity index (χ4n) is 3.46. The Morgan fingerprint density at radius 2 is 1.96 bits per heavy atom. The number of nitrogens with zero attached hydrogens (tertiary/aromatic N) is 2. The number of thiazole rings is 1. The van der Waals surface area contributed by atoms with Gasteiger partial charge in [-0.15, -0.1) is 11.3 Å². The average Bonchev–Trinajstić information content (AvgIpc) is 3.33. The first-order valence-electron chi connectivity index (χ1n) is 8.70. The lowest BCUT2D eigenvalue weighted by molar-refractivity contribution is 0.356. The topological polar surface area (TPSA) is 68.7 Å². The monoisotopic (exact) mass is 416 g/mol. The number of sulfonamides is 1. The quantitative estimate of drug-likeness (QED) is 0.633. The molecule has 0 aliphatic carbocycles. The first-order valence-corrected chi connectivity index (χ1v) is 11.4. The van der Waals surface area contributed by atoms with Crippen LogP contribution < -0.4 is 13.8 Å². The number of hydrogen-bond acceptors (Lipinski definition) is 6. The Balaban J connectivity index is 1.70. The highest BCUT2D eigenvalue weighted by molar-refractivity contribution is 7.92. The summed E-state index contributed by atoms with van der Waals surface area (Å²) >= 11 is 1.53. The summed E-state index contributed by atoms with van der Waals surface area (Å²) in [7, 11) is -0.0203. The number of ether oxygens (including phenoxy) is 2. The summed E-state index contributed by atoms with van der Waals surface area (Å²) in [6, 6.07) is 11.5. The molecule has 146 valence electrons. The molecule has 8 heteroatoms. The van der Waals surface area contributed by atoms with Gasteiger partial charge in [-0.2, -0.15) is 0 Å². The van der Waals surface area contributed by atoms with Gasteiger partial charge in [0.2, 0.25) is 10.0 Å². The van der Waals surface area contributed by atoms with E-state index in [1.807, 2.05) is 41.8 Å². The maximum atomic E-state index is 11.9. The molecule has 4 rings (SSSR count). The van der Waals surface area contributed by atoms with Crippen molar-refractivity contribution in [1.82, 2.24) is 4.98 Å². The van der Waals surface area contributed by atoms with Gasteiger partial charge in [-0.25, -0.2) is 13.4 Å². The molecule has 0 saturated carbocycles. The van der Waals surface area contributed by atoms with Crippen molar-refractivity contribution in [3.63, 3.8) is 0 Å². The summed E-state index contributed by atoms with van der Waals surface area (Å²) in [5.74, 6) is 1.32. The molecule has 0 atom stereocenters. The van der Waals surface area contributed by atoms with Gasteiger partial charge in [-0.1, -0.05) is 12.1 Å². The fourth-order valence-corrected chi connectivity index (χ4v) is 5.27. The molecular formula is C20H20N2O4S2. The second kappa shape index (κ2) is 7.10. The highest BCUT2D eigenvalue weighted by Crippen LogP contribution is 2.41. The smallest absolute Gasteiger partial charge is 0.232 e. The third-order valence-corrected chi connectivity index (χ3v) is 6.82. The van der Waals surface area contributed by atoms with Crippen LogP contribution in [-0.2, 0) is 16.4 Å². The van der Waals surface area contributed by atoms with E-state index in [9.17, 15) is 8.42 Å². The third kappa shape index (κ3) is 3.22. The van der Waals surface area contributed by atoms with E-state index in [0.29, 0.717) is 24.5 Å². The lowest BCUT2D eigenvalue weighted by atomic mass is 10.1. The minimum atomic E-state index is -3.25. The van der Waals surface area contributed by atoms with Crippen molar-refractivity contribution >= 4 is 27.0 Å². The predicted molar refractivity (Wildman–Crippen MR) is 112 cm³/mol. The van der Waals surface area contributed by atoms with Crippen LogP contribution in [0.1, 0.15) is 5.56 Å². The average molecular weight is 417 g/mol. The summed E-state index contributed by atoms with van der Waals surface area (Å²) in [5.41, 5.74) is 4.49.